The van der Waals surface area contributed by atoms with E-state index in [9.17, 15) is 13.6 Å². The highest BCUT2D eigenvalue weighted by atomic mass is 19.1. The van der Waals surface area contributed by atoms with Crippen molar-refractivity contribution >= 4 is 5.78 Å². The molecule has 2 nitrogen and oxygen atoms in total. The maximum Gasteiger partial charge on any atom is 0.137 e. The Morgan fingerprint density at radius 3 is 2.47 bits per heavy atom. The molecular weight excluding hydrogens is 248 g/mol. The van der Waals surface area contributed by atoms with Gasteiger partial charge in [0, 0.05) is 18.4 Å². The quantitative estimate of drug-likeness (QED) is 0.888. The fraction of sp³-hybridized carbons (Fsp3) is 0.533. The molecule has 1 N–H and O–H groups in total. The SMILES string of the molecule is O=C(CCC1CCNCC1)Cc1c(F)cccc1F. The second-order valence-electron chi connectivity index (χ2n) is 5.15. The van der Waals surface area contributed by atoms with E-state index in [2.05, 4.69) is 5.32 Å². The van der Waals surface area contributed by atoms with Crippen LogP contribution in [0.5, 0.6) is 0 Å². The number of carbonyl (C=O) groups is 1. The fourth-order valence-electron chi connectivity index (χ4n) is 2.52. The Labute approximate surface area is 112 Å². The van der Waals surface area contributed by atoms with Gasteiger partial charge in [0.25, 0.3) is 0 Å². The number of halogens is 2. The van der Waals surface area contributed by atoms with Crippen molar-refractivity contribution < 1.29 is 13.6 Å². The van der Waals surface area contributed by atoms with Crippen molar-refractivity contribution in [1.82, 2.24) is 5.32 Å². The topological polar surface area (TPSA) is 29.1 Å². The summed E-state index contributed by atoms with van der Waals surface area (Å²) in [5, 5.41) is 3.27. The van der Waals surface area contributed by atoms with Crippen LogP contribution in [0.15, 0.2) is 18.2 Å². The van der Waals surface area contributed by atoms with Gasteiger partial charge in [0.1, 0.15) is 17.4 Å². The number of ketones is 1. The van der Waals surface area contributed by atoms with E-state index in [-0.39, 0.29) is 17.8 Å². The number of hydrogen-bond donors (Lipinski definition) is 1. The molecule has 0 bridgehead atoms. The Balaban J connectivity index is 1.83. The molecule has 104 valence electrons. The molecule has 1 saturated heterocycles. The first-order valence-electron chi connectivity index (χ1n) is 6.82. The third kappa shape index (κ3) is 4.10. The molecule has 0 saturated carbocycles. The van der Waals surface area contributed by atoms with Crippen LogP contribution in [0.2, 0.25) is 0 Å². The summed E-state index contributed by atoms with van der Waals surface area (Å²) in [5.41, 5.74) is -0.0992. The number of nitrogens with one attached hydrogen (secondary N) is 1. The zero-order valence-corrected chi connectivity index (χ0v) is 10.9. The van der Waals surface area contributed by atoms with E-state index in [0.717, 1.165) is 32.4 Å². The zero-order chi connectivity index (χ0) is 13.7. The number of rotatable bonds is 5. The van der Waals surface area contributed by atoms with Crippen molar-refractivity contribution in [2.45, 2.75) is 32.1 Å². The van der Waals surface area contributed by atoms with E-state index in [1.54, 1.807) is 0 Å². The summed E-state index contributed by atoms with van der Waals surface area (Å²) in [7, 11) is 0. The lowest BCUT2D eigenvalue weighted by Crippen LogP contribution is -2.28. The highest BCUT2D eigenvalue weighted by Gasteiger charge is 2.17. The van der Waals surface area contributed by atoms with E-state index in [0.29, 0.717) is 12.3 Å². The Hall–Kier alpha value is -1.29. The standard InChI is InChI=1S/C15H19F2NO/c16-14-2-1-3-15(17)13(14)10-12(19)5-4-11-6-8-18-9-7-11/h1-3,11,18H,4-10H2. The van der Waals surface area contributed by atoms with Gasteiger partial charge in [-0.25, -0.2) is 8.78 Å². The van der Waals surface area contributed by atoms with Gasteiger partial charge in [-0.3, -0.25) is 4.79 Å². The normalized spacial score (nSPS) is 16.5. The minimum absolute atomic E-state index is 0.0810. The van der Waals surface area contributed by atoms with Crippen LogP contribution in [0.25, 0.3) is 0 Å². The van der Waals surface area contributed by atoms with E-state index in [1.165, 1.54) is 18.2 Å². The molecule has 0 amide bonds. The van der Waals surface area contributed by atoms with Crippen LogP contribution in [0.3, 0.4) is 0 Å². The van der Waals surface area contributed by atoms with Gasteiger partial charge in [0.05, 0.1) is 0 Å². The molecule has 19 heavy (non-hydrogen) atoms. The maximum absolute atomic E-state index is 13.4. The lowest BCUT2D eigenvalue weighted by molar-refractivity contribution is -0.118. The average Bonchev–Trinajstić information content (AvgIpc) is 2.42. The molecule has 0 radical (unpaired) electrons. The maximum atomic E-state index is 13.4. The summed E-state index contributed by atoms with van der Waals surface area (Å²) in [6.07, 6.45) is 3.28. The van der Waals surface area contributed by atoms with Crippen LogP contribution < -0.4 is 5.32 Å². The number of carbonyl (C=O) groups excluding carboxylic acids is 1. The number of benzene rings is 1. The Morgan fingerprint density at radius 2 is 1.84 bits per heavy atom. The Morgan fingerprint density at radius 1 is 1.21 bits per heavy atom. The summed E-state index contributed by atoms with van der Waals surface area (Å²) in [4.78, 5) is 11.8. The van der Waals surface area contributed by atoms with E-state index >= 15 is 0 Å². The van der Waals surface area contributed by atoms with Crippen molar-refractivity contribution in [3.8, 4) is 0 Å². The van der Waals surface area contributed by atoms with Crippen molar-refractivity contribution in [2.24, 2.45) is 5.92 Å². The van der Waals surface area contributed by atoms with Crippen molar-refractivity contribution in [3.63, 3.8) is 0 Å². The molecule has 1 aromatic rings. The van der Waals surface area contributed by atoms with E-state index in [1.807, 2.05) is 0 Å². The van der Waals surface area contributed by atoms with Gasteiger partial charge in [-0.2, -0.15) is 0 Å². The predicted molar refractivity (Wildman–Crippen MR) is 69.9 cm³/mol. The molecule has 1 aromatic carbocycles. The lowest BCUT2D eigenvalue weighted by Gasteiger charge is -2.22. The minimum Gasteiger partial charge on any atom is -0.317 e. The van der Waals surface area contributed by atoms with Crippen LogP contribution in [-0.4, -0.2) is 18.9 Å². The molecule has 0 atom stereocenters. The molecule has 1 aliphatic heterocycles. The molecule has 0 unspecified atom stereocenters. The third-order valence-electron chi connectivity index (χ3n) is 3.73. The number of hydrogen-bond acceptors (Lipinski definition) is 2. The molecule has 0 aromatic heterocycles. The first kappa shape index (κ1) is 14.1. The molecule has 1 fully saturated rings. The van der Waals surface area contributed by atoms with Gasteiger partial charge in [-0.05, 0) is 50.4 Å². The zero-order valence-electron chi connectivity index (χ0n) is 10.9. The summed E-state index contributed by atoms with van der Waals surface area (Å²) in [5.74, 6) is -0.774. The average molecular weight is 267 g/mol. The van der Waals surface area contributed by atoms with E-state index < -0.39 is 11.6 Å². The molecular formula is C15H19F2NO. The van der Waals surface area contributed by atoms with Gasteiger partial charge in [0.15, 0.2) is 0 Å². The largest absolute Gasteiger partial charge is 0.317 e. The van der Waals surface area contributed by atoms with Crippen LogP contribution in [-0.2, 0) is 11.2 Å². The number of Topliss-reactive ketones (excluding diaryl/α,β-unsaturated/α-hetero) is 1. The van der Waals surface area contributed by atoms with Crippen molar-refractivity contribution in [2.75, 3.05) is 13.1 Å². The Kier molecular flexibility index (Phi) is 5.02. The van der Waals surface area contributed by atoms with Gasteiger partial charge in [-0.1, -0.05) is 6.07 Å². The van der Waals surface area contributed by atoms with Gasteiger partial charge in [0.2, 0.25) is 0 Å². The molecule has 2 rings (SSSR count). The first-order valence-corrected chi connectivity index (χ1v) is 6.82. The number of piperidine rings is 1. The van der Waals surface area contributed by atoms with Crippen LogP contribution in [0, 0.1) is 17.6 Å². The van der Waals surface area contributed by atoms with Crippen LogP contribution in [0.1, 0.15) is 31.2 Å². The monoisotopic (exact) mass is 267 g/mol. The van der Waals surface area contributed by atoms with Crippen LogP contribution >= 0.6 is 0 Å². The molecule has 1 aliphatic rings. The van der Waals surface area contributed by atoms with E-state index in [4.69, 9.17) is 0 Å². The second-order valence-corrected chi connectivity index (χ2v) is 5.15. The summed E-state index contributed by atoms with van der Waals surface area (Å²) in [6, 6.07) is 3.70. The second kappa shape index (κ2) is 6.75. The fourth-order valence-corrected chi connectivity index (χ4v) is 2.52. The minimum atomic E-state index is -0.629. The highest BCUT2D eigenvalue weighted by molar-refractivity contribution is 5.80. The van der Waals surface area contributed by atoms with Crippen molar-refractivity contribution in [3.05, 3.63) is 35.4 Å². The molecule has 0 aliphatic carbocycles. The van der Waals surface area contributed by atoms with Gasteiger partial charge in [-0.15, -0.1) is 0 Å². The molecule has 1 heterocycles. The summed E-state index contributed by atoms with van der Waals surface area (Å²) < 4.78 is 26.8. The molecule has 4 heteroatoms. The molecule has 0 spiro atoms. The third-order valence-corrected chi connectivity index (χ3v) is 3.73. The lowest BCUT2D eigenvalue weighted by atomic mass is 9.91. The summed E-state index contributed by atoms with van der Waals surface area (Å²) >= 11 is 0. The van der Waals surface area contributed by atoms with Crippen molar-refractivity contribution in [1.29, 1.82) is 0 Å². The van der Waals surface area contributed by atoms with Gasteiger partial charge >= 0.3 is 0 Å². The smallest absolute Gasteiger partial charge is 0.137 e. The summed E-state index contributed by atoms with van der Waals surface area (Å²) in [6.45, 7) is 2.00. The first-order chi connectivity index (χ1) is 9.16. The highest BCUT2D eigenvalue weighted by Crippen LogP contribution is 2.19. The van der Waals surface area contributed by atoms with Gasteiger partial charge < -0.3 is 5.32 Å². The Bertz CT molecular complexity index is 422. The van der Waals surface area contributed by atoms with Crippen LogP contribution in [0.4, 0.5) is 8.78 Å². The predicted octanol–water partition coefficient (Wildman–Crippen LogP) is 2.86.